The van der Waals surface area contributed by atoms with Gasteiger partial charge in [-0.2, -0.15) is 12.7 Å². The third-order valence-electron chi connectivity index (χ3n) is 4.56. The topological polar surface area (TPSA) is 67.2 Å². The lowest BCUT2D eigenvalue weighted by Gasteiger charge is -2.33. The minimum Gasteiger partial charge on any atom is -0.331 e. The van der Waals surface area contributed by atoms with Crippen molar-refractivity contribution in [2.45, 2.75) is 33.2 Å². The van der Waals surface area contributed by atoms with Crippen LogP contribution in [0, 0.1) is 11.8 Å². The molecule has 1 aromatic carbocycles. The van der Waals surface area contributed by atoms with E-state index >= 15 is 0 Å². The monoisotopic (exact) mass is 350 g/mol. The first-order chi connectivity index (χ1) is 11.5. The summed E-state index contributed by atoms with van der Waals surface area (Å²) in [5.74, 6) is 0.838. The molecule has 2 heterocycles. The van der Waals surface area contributed by atoms with Gasteiger partial charge in [0.15, 0.2) is 0 Å². The van der Waals surface area contributed by atoms with E-state index in [1.165, 1.54) is 0 Å². The Morgan fingerprint density at radius 3 is 2.67 bits per heavy atom. The molecule has 2 aromatic rings. The highest BCUT2D eigenvalue weighted by atomic mass is 32.2. The fourth-order valence-electron chi connectivity index (χ4n) is 3.53. The van der Waals surface area contributed by atoms with Gasteiger partial charge in [0.1, 0.15) is 0 Å². The number of hydrogen-bond acceptors (Lipinski definition) is 3. The predicted molar refractivity (Wildman–Crippen MR) is 95.8 cm³/mol. The zero-order valence-corrected chi connectivity index (χ0v) is 15.2. The van der Waals surface area contributed by atoms with E-state index in [1.807, 2.05) is 30.6 Å². The molecule has 132 valence electrons. The maximum atomic E-state index is 12.4. The SMILES string of the molecule is CC1CC(C)CN(S(=O)(=O)NCCCn2cnc3ccccc32)C1. The highest BCUT2D eigenvalue weighted by Gasteiger charge is 2.29. The van der Waals surface area contributed by atoms with Gasteiger partial charge in [-0.25, -0.2) is 9.71 Å². The normalized spacial score (nSPS) is 22.9. The summed E-state index contributed by atoms with van der Waals surface area (Å²) in [6.07, 6.45) is 3.64. The van der Waals surface area contributed by atoms with Crippen molar-refractivity contribution in [3.63, 3.8) is 0 Å². The summed E-state index contributed by atoms with van der Waals surface area (Å²) in [5.41, 5.74) is 2.05. The number of hydrogen-bond donors (Lipinski definition) is 1. The van der Waals surface area contributed by atoms with Crippen LogP contribution in [0.1, 0.15) is 26.7 Å². The third-order valence-corrected chi connectivity index (χ3v) is 6.11. The van der Waals surface area contributed by atoms with Crippen LogP contribution in [-0.2, 0) is 16.8 Å². The van der Waals surface area contributed by atoms with Crippen LogP contribution in [0.25, 0.3) is 11.0 Å². The molecule has 0 spiro atoms. The number of rotatable bonds is 6. The summed E-state index contributed by atoms with van der Waals surface area (Å²) in [7, 11) is -3.37. The summed E-state index contributed by atoms with van der Waals surface area (Å²) in [6, 6.07) is 7.96. The van der Waals surface area contributed by atoms with Gasteiger partial charge < -0.3 is 4.57 Å². The lowest BCUT2D eigenvalue weighted by Crippen LogP contribution is -2.48. The standard InChI is InChI=1S/C17H26N4O2S/c1-14-10-15(2)12-21(11-14)24(22,23)19-8-5-9-20-13-18-16-6-3-4-7-17(16)20/h3-4,6-7,13-15,19H,5,8-12H2,1-2H3. The Bertz CT molecular complexity index is 777. The summed E-state index contributed by atoms with van der Waals surface area (Å²) in [5, 5.41) is 0. The van der Waals surface area contributed by atoms with Crippen molar-refractivity contribution in [2.24, 2.45) is 11.8 Å². The van der Waals surface area contributed by atoms with Crippen molar-refractivity contribution in [3.8, 4) is 0 Å². The van der Waals surface area contributed by atoms with E-state index in [0.717, 1.165) is 30.4 Å². The van der Waals surface area contributed by atoms with Gasteiger partial charge in [0, 0.05) is 26.2 Å². The molecule has 1 aliphatic rings. The van der Waals surface area contributed by atoms with Crippen molar-refractivity contribution >= 4 is 21.2 Å². The second-order valence-electron chi connectivity index (χ2n) is 6.94. The van der Waals surface area contributed by atoms with Gasteiger partial charge in [-0.3, -0.25) is 0 Å². The molecule has 0 bridgehead atoms. The van der Waals surface area contributed by atoms with E-state index in [2.05, 4.69) is 28.1 Å². The molecule has 0 radical (unpaired) electrons. The molecule has 1 aromatic heterocycles. The summed E-state index contributed by atoms with van der Waals surface area (Å²) in [6.45, 7) is 6.65. The van der Waals surface area contributed by atoms with E-state index in [0.29, 0.717) is 31.5 Å². The maximum Gasteiger partial charge on any atom is 0.279 e. The highest BCUT2D eigenvalue weighted by Crippen LogP contribution is 2.22. The Morgan fingerprint density at radius 1 is 1.21 bits per heavy atom. The van der Waals surface area contributed by atoms with E-state index < -0.39 is 10.2 Å². The largest absolute Gasteiger partial charge is 0.331 e. The van der Waals surface area contributed by atoms with E-state index in [4.69, 9.17) is 0 Å². The average Bonchev–Trinajstić information content (AvgIpc) is 2.94. The molecule has 1 fully saturated rings. The van der Waals surface area contributed by atoms with Crippen LogP contribution in [0.3, 0.4) is 0 Å². The zero-order chi connectivity index (χ0) is 17.2. The molecular formula is C17H26N4O2S. The van der Waals surface area contributed by atoms with Crippen molar-refractivity contribution in [1.29, 1.82) is 0 Å². The van der Waals surface area contributed by atoms with E-state index in [9.17, 15) is 8.42 Å². The fraction of sp³-hybridized carbons (Fsp3) is 0.588. The lowest BCUT2D eigenvalue weighted by atomic mass is 9.94. The molecule has 1 saturated heterocycles. The highest BCUT2D eigenvalue weighted by molar-refractivity contribution is 7.87. The number of aryl methyl sites for hydroxylation is 1. The first kappa shape index (κ1) is 17.4. The number of imidazole rings is 1. The summed E-state index contributed by atoms with van der Waals surface area (Å²) >= 11 is 0. The molecule has 0 aliphatic carbocycles. The molecule has 1 N–H and O–H groups in total. The quantitative estimate of drug-likeness (QED) is 0.813. The predicted octanol–water partition coefficient (Wildman–Crippen LogP) is 2.24. The second-order valence-corrected chi connectivity index (χ2v) is 8.70. The van der Waals surface area contributed by atoms with Crippen molar-refractivity contribution in [2.75, 3.05) is 19.6 Å². The maximum absolute atomic E-state index is 12.4. The van der Waals surface area contributed by atoms with Gasteiger partial charge >= 0.3 is 0 Å². The molecule has 3 rings (SSSR count). The molecule has 2 atom stereocenters. The Balaban J connectivity index is 1.52. The van der Waals surface area contributed by atoms with Gasteiger partial charge in [-0.15, -0.1) is 0 Å². The molecule has 1 aliphatic heterocycles. The number of benzene rings is 1. The molecule has 24 heavy (non-hydrogen) atoms. The van der Waals surface area contributed by atoms with Gasteiger partial charge in [0.05, 0.1) is 17.4 Å². The molecule has 2 unspecified atom stereocenters. The fourth-order valence-corrected chi connectivity index (χ4v) is 5.02. The van der Waals surface area contributed by atoms with Crippen molar-refractivity contribution in [3.05, 3.63) is 30.6 Å². The van der Waals surface area contributed by atoms with Gasteiger partial charge in [-0.05, 0) is 36.8 Å². The van der Waals surface area contributed by atoms with E-state index in [1.54, 1.807) is 4.31 Å². The number of para-hydroxylation sites is 2. The van der Waals surface area contributed by atoms with Gasteiger partial charge in [0.25, 0.3) is 10.2 Å². The Labute approximate surface area is 144 Å². The Morgan fingerprint density at radius 2 is 1.92 bits per heavy atom. The van der Waals surface area contributed by atoms with E-state index in [-0.39, 0.29) is 0 Å². The first-order valence-electron chi connectivity index (χ1n) is 8.60. The molecule has 0 amide bonds. The van der Waals surface area contributed by atoms with Gasteiger partial charge in [-0.1, -0.05) is 26.0 Å². The van der Waals surface area contributed by atoms with Crippen molar-refractivity contribution < 1.29 is 8.42 Å². The van der Waals surface area contributed by atoms with Crippen LogP contribution >= 0.6 is 0 Å². The first-order valence-corrected chi connectivity index (χ1v) is 10.0. The van der Waals surface area contributed by atoms with Crippen LogP contribution in [0.4, 0.5) is 0 Å². The summed E-state index contributed by atoms with van der Waals surface area (Å²) < 4.78 is 31.3. The minimum atomic E-state index is -3.37. The molecule has 0 saturated carbocycles. The van der Waals surface area contributed by atoms with Gasteiger partial charge in [0.2, 0.25) is 0 Å². The smallest absolute Gasteiger partial charge is 0.279 e. The zero-order valence-electron chi connectivity index (χ0n) is 14.4. The Kier molecular flexibility index (Phi) is 5.22. The average molecular weight is 350 g/mol. The third kappa shape index (κ3) is 3.96. The second kappa shape index (κ2) is 7.21. The number of piperidine rings is 1. The van der Waals surface area contributed by atoms with Crippen LogP contribution in [0.5, 0.6) is 0 Å². The van der Waals surface area contributed by atoms with Crippen molar-refractivity contribution in [1.82, 2.24) is 18.6 Å². The minimum absolute atomic E-state index is 0.419. The number of fused-ring (bicyclic) bond motifs is 1. The molecule has 6 nitrogen and oxygen atoms in total. The van der Waals surface area contributed by atoms with Crippen LogP contribution in [-0.4, -0.2) is 41.9 Å². The molecular weight excluding hydrogens is 324 g/mol. The molecule has 7 heteroatoms. The van der Waals surface area contributed by atoms with Crippen LogP contribution < -0.4 is 4.72 Å². The number of nitrogens with one attached hydrogen (secondary N) is 1. The van der Waals surface area contributed by atoms with Crippen LogP contribution in [0.2, 0.25) is 0 Å². The number of nitrogens with zero attached hydrogens (tertiary/aromatic N) is 3. The Hall–Kier alpha value is -1.44. The van der Waals surface area contributed by atoms with Crippen LogP contribution in [0.15, 0.2) is 30.6 Å². The lowest BCUT2D eigenvalue weighted by molar-refractivity contribution is 0.220. The summed E-state index contributed by atoms with van der Waals surface area (Å²) in [4.78, 5) is 4.35. The number of aromatic nitrogens is 2.